The van der Waals surface area contributed by atoms with E-state index in [9.17, 15) is 0 Å². The van der Waals surface area contributed by atoms with Gasteiger partial charge >= 0.3 is 0 Å². The number of hydrogen-bond donors (Lipinski definition) is 1. The Bertz CT molecular complexity index is 323. The lowest BCUT2D eigenvalue weighted by molar-refractivity contribution is 0.504. The molecule has 2 N–H and O–H groups in total. The first-order chi connectivity index (χ1) is 7.18. The molecule has 1 aliphatic rings. The molecule has 0 aromatic carbocycles. The quantitative estimate of drug-likeness (QED) is 0.809. The third-order valence-electron chi connectivity index (χ3n) is 2.90. The van der Waals surface area contributed by atoms with Gasteiger partial charge in [-0.2, -0.15) is 5.10 Å². The average Bonchev–Trinajstić information content (AvgIpc) is 2.62. The smallest absolute Gasteiger partial charge is 0.147 e. The van der Waals surface area contributed by atoms with Crippen molar-refractivity contribution in [3.63, 3.8) is 0 Å². The van der Waals surface area contributed by atoms with Crippen LogP contribution in [0, 0.1) is 0 Å². The lowest BCUT2D eigenvalue weighted by Gasteiger charge is -2.29. The summed E-state index contributed by atoms with van der Waals surface area (Å²) in [6, 6.07) is 2.37. The molecule has 0 atom stereocenters. The Hall–Kier alpha value is -1.19. The van der Waals surface area contributed by atoms with E-state index >= 15 is 0 Å². The maximum absolute atomic E-state index is 5.77. The van der Waals surface area contributed by atoms with Gasteiger partial charge in [0.1, 0.15) is 11.6 Å². The third kappa shape index (κ3) is 2.08. The van der Waals surface area contributed by atoms with Crippen molar-refractivity contribution in [2.45, 2.75) is 39.2 Å². The molecule has 1 aliphatic heterocycles. The van der Waals surface area contributed by atoms with E-state index < -0.39 is 0 Å². The van der Waals surface area contributed by atoms with Crippen molar-refractivity contribution in [1.82, 2.24) is 9.78 Å². The summed E-state index contributed by atoms with van der Waals surface area (Å²) in [6.07, 6.45) is 3.91. The third-order valence-corrected chi connectivity index (χ3v) is 2.90. The lowest BCUT2D eigenvalue weighted by Crippen LogP contribution is -2.31. The van der Waals surface area contributed by atoms with Gasteiger partial charge in [0.05, 0.1) is 0 Å². The maximum Gasteiger partial charge on any atom is 0.147 e. The SMILES string of the molecule is CC(C)n1nc(N)cc1N1CCCCC1. The molecule has 1 aromatic heterocycles. The zero-order valence-corrected chi connectivity index (χ0v) is 9.61. The molecule has 1 saturated heterocycles. The second-order valence-electron chi connectivity index (χ2n) is 4.51. The van der Waals surface area contributed by atoms with Gasteiger partial charge in [0, 0.05) is 25.2 Å². The summed E-state index contributed by atoms with van der Waals surface area (Å²) in [5.41, 5.74) is 5.77. The van der Waals surface area contributed by atoms with Crippen LogP contribution in [0.1, 0.15) is 39.2 Å². The summed E-state index contributed by atoms with van der Waals surface area (Å²) in [5, 5.41) is 4.34. The van der Waals surface area contributed by atoms with Crippen molar-refractivity contribution < 1.29 is 0 Å². The second kappa shape index (κ2) is 4.13. The summed E-state index contributed by atoms with van der Waals surface area (Å²) < 4.78 is 2.03. The van der Waals surface area contributed by atoms with E-state index in [1.807, 2.05) is 10.7 Å². The molecule has 15 heavy (non-hydrogen) atoms. The normalized spacial score (nSPS) is 17.4. The van der Waals surface area contributed by atoms with Crippen molar-refractivity contribution in [3.05, 3.63) is 6.07 Å². The molecule has 84 valence electrons. The Morgan fingerprint density at radius 3 is 2.53 bits per heavy atom. The van der Waals surface area contributed by atoms with Gasteiger partial charge in [-0.1, -0.05) is 0 Å². The molecule has 2 heterocycles. The fourth-order valence-electron chi connectivity index (χ4n) is 2.14. The molecule has 0 unspecified atom stereocenters. The van der Waals surface area contributed by atoms with Gasteiger partial charge in [0.25, 0.3) is 0 Å². The van der Waals surface area contributed by atoms with Gasteiger partial charge in [-0.05, 0) is 33.1 Å². The lowest BCUT2D eigenvalue weighted by atomic mass is 10.1. The molecular formula is C11H20N4. The number of nitrogen functional groups attached to an aromatic ring is 1. The van der Waals surface area contributed by atoms with Gasteiger partial charge in [-0.15, -0.1) is 0 Å². The van der Waals surface area contributed by atoms with Crippen LogP contribution >= 0.6 is 0 Å². The molecule has 4 heteroatoms. The average molecular weight is 208 g/mol. The van der Waals surface area contributed by atoms with Crippen molar-refractivity contribution >= 4 is 11.6 Å². The Balaban J connectivity index is 2.25. The van der Waals surface area contributed by atoms with Crippen LogP contribution < -0.4 is 10.6 Å². The zero-order valence-electron chi connectivity index (χ0n) is 9.61. The van der Waals surface area contributed by atoms with Crippen LogP contribution in [-0.4, -0.2) is 22.9 Å². The first-order valence-corrected chi connectivity index (χ1v) is 5.78. The Labute approximate surface area is 91.1 Å². The van der Waals surface area contributed by atoms with E-state index in [0.29, 0.717) is 11.9 Å². The highest BCUT2D eigenvalue weighted by Gasteiger charge is 2.17. The number of nitrogens with two attached hydrogens (primary N) is 1. The number of nitrogens with zero attached hydrogens (tertiary/aromatic N) is 3. The fourth-order valence-corrected chi connectivity index (χ4v) is 2.14. The number of aromatic nitrogens is 2. The van der Waals surface area contributed by atoms with Gasteiger partial charge in [0.2, 0.25) is 0 Å². The van der Waals surface area contributed by atoms with Crippen LogP contribution in [-0.2, 0) is 0 Å². The second-order valence-corrected chi connectivity index (χ2v) is 4.51. The maximum atomic E-state index is 5.77. The molecule has 2 rings (SSSR count). The molecular weight excluding hydrogens is 188 g/mol. The summed E-state index contributed by atoms with van der Waals surface area (Å²) in [6.45, 7) is 6.55. The molecule has 0 radical (unpaired) electrons. The molecule has 0 aliphatic carbocycles. The highest BCUT2D eigenvalue weighted by molar-refractivity contribution is 5.48. The van der Waals surface area contributed by atoms with Crippen LogP contribution in [0.2, 0.25) is 0 Å². The number of piperidine rings is 1. The van der Waals surface area contributed by atoms with E-state index in [1.54, 1.807) is 0 Å². The van der Waals surface area contributed by atoms with E-state index in [2.05, 4.69) is 23.8 Å². The summed E-state index contributed by atoms with van der Waals surface area (Å²) in [7, 11) is 0. The molecule has 0 saturated carbocycles. The molecule has 0 amide bonds. The minimum Gasteiger partial charge on any atom is -0.382 e. The largest absolute Gasteiger partial charge is 0.382 e. The zero-order chi connectivity index (χ0) is 10.8. The van der Waals surface area contributed by atoms with Crippen molar-refractivity contribution in [2.75, 3.05) is 23.7 Å². The monoisotopic (exact) mass is 208 g/mol. The molecule has 4 nitrogen and oxygen atoms in total. The van der Waals surface area contributed by atoms with Crippen LogP contribution in [0.3, 0.4) is 0 Å². The van der Waals surface area contributed by atoms with Crippen LogP contribution in [0.25, 0.3) is 0 Å². The van der Waals surface area contributed by atoms with Crippen LogP contribution in [0.5, 0.6) is 0 Å². The topological polar surface area (TPSA) is 47.1 Å². The first-order valence-electron chi connectivity index (χ1n) is 5.78. The predicted molar refractivity (Wildman–Crippen MR) is 63.1 cm³/mol. The van der Waals surface area contributed by atoms with Gasteiger partial charge in [0.15, 0.2) is 0 Å². The number of rotatable bonds is 2. The number of hydrogen-bond acceptors (Lipinski definition) is 3. The first kappa shape index (κ1) is 10.3. The van der Waals surface area contributed by atoms with E-state index in [-0.39, 0.29) is 0 Å². The summed E-state index contributed by atoms with van der Waals surface area (Å²) in [4.78, 5) is 2.40. The molecule has 0 bridgehead atoms. The molecule has 1 fully saturated rings. The highest BCUT2D eigenvalue weighted by Crippen LogP contribution is 2.24. The van der Waals surface area contributed by atoms with Gasteiger partial charge in [-0.3, -0.25) is 0 Å². The van der Waals surface area contributed by atoms with Gasteiger partial charge in [-0.25, -0.2) is 4.68 Å². The highest BCUT2D eigenvalue weighted by atomic mass is 15.4. The van der Waals surface area contributed by atoms with Crippen molar-refractivity contribution in [3.8, 4) is 0 Å². The Morgan fingerprint density at radius 2 is 1.93 bits per heavy atom. The summed E-state index contributed by atoms with van der Waals surface area (Å²) in [5.74, 6) is 1.81. The fraction of sp³-hybridized carbons (Fsp3) is 0.727. The Kier molecular flexibility index (Phi) is 2.84. The van der Waals surface area contributed by atoms with E-state index in [1.165, 1.54) is 25.1 Å². The number of anilines is 2. The molecule has 0 spiro atoms. The van der Waals surface area contributed by atoms with Crippen molar-refractivity contribution in [2.24, 2.45) is 0 Å². The molecule has 1 aromatic rings. The predicted octanol–water partition coefficient (Wildman–Crippen LogP) is 2.04. The van der Waals surface area contributed by atoms with E-state index in [0.717, 1.165) is 13.1 Å². The minimum absolute atomic E-state index is 0.374. The van der Waals surface area contributed by atoms with Gasteiger partial charge < -0.3 is 10.6 Å². The Morgan fingerprint density at radius 1 is 1.27 bits per heavy atom. The minimum atomic E-state index is 0.374. The standard InChI is InChI=1S/C11H20N4/c1-9(2)15-11(8-10(12)13-15)14-6-4-3-5-7-14/h8-9H,3-7H2,1-2H3,(H2,12,13). The van der Waals surface area contributed by atoms with E-state index in [4.69, 9.17) is 5.73 Å². The summed E-state index contributed by atoms with van der Waals surface area (Å²) >= 11 is 0. The van der Waals surface area contributed by atoms with Crippen LogP contribution in [0.15, 0.2) is 6.07 Å². The van der Waals surface area contributed by atoms with Crippen LogP contribution in [0.4, 0.5) is 11.6 Å². The van der Waals surface area contributed by atoms with Crippen molar-refractivity contribution in [1.29, 1.82) is 0 Å².